The number of furan rings is 1. The molecule has 0 spiro atoms. The van der Waals surface area contributed by atoms with Crippen LogP contribution in [0.1, 0.15) is 42.5 Å². The van der Waals surface area contributed by atoms with Gasteiger partial charge in [-0.25, -0.2) is 0 Å². The van der Waals surface area contributed by atoms with Gasteiger partial charge in [-0.05, 0) is 69.3 Å². The van der Waals surface area contributed by atoms with E-state index in [4.69, 9.17) is 9.15 Å². The number of carbonyl (C=O) groups excluding carboxylic acids is 2. The Morgan fingerprint density at radius 3 is 2.26 bits per heavy atom. The first kappa shape index (κ1) is 25.6. The van der Waals surface area contributed by atoms with Crippen LogP contribution in [-0.4, -0.2) is 24.5 Å². The molecule has 0 atom stereocenters. The molecule has 0 aliphatic heterocycles. The zero-order chi connectivity index (χ0) is 25.8. The van der Waals surface area contributed by atoms with Gasteiger partial charge in [0.25, 0.3) is 11.8 Å². The second kappa shape index (κ2) is 10.1. The first-order chi connectivity index (χ1) is 16.4. The summed E-state index contributed by atoms with van der Waals surface area (Å²) in [6, 6.07) is 14.0. The van der Waals surface area contributed by atoms with Gasteiger partial charge in [-0.15, -0.1) is 0 Å². The van der Waals surface area contributed by atoms with E-state index in [-0.39, 0.29) is 22.8 Å². The molecule has 184 valence electrons. The molecule has 6 nitrogen and oxygen atoms in total. The van der Waals surface area contributed by atoms with Gasteiger partial charge in [-0.3, -0.25) is 9.59 Å². The van der Waals surface area contributed by atoms with Crippen LogP contribution in [0.2, 0.25) is 0 Å². The fourth-order valence-electron chi connectivity index (χ4n) is 3.08. The van der Waals surface area contributed by atoms with Gasteiger partial charge in [0.15, 0.2) is 0 Å². The van der Waals surface area contributed by atoms with E-state index in [1.54, 1.807) is 45.0 Å². The molecule has 0 fully saturated rings. The van der Waals surface area contributed by atoms with Gasteiger partial charge < -0.3 is 19.8 Å². The van der Waals surface area contributed by atoms with Crippen molar-refractivity contribution in [1.82, 2.24) is 10.6 Å². The molecule has 0 bridgehead atoms. The van der Waals surface area contributed by atoms with Gasteiger partial charge in [-0.1, -0.05) is 12.1 Å². The lowest BCUT2D eigenvalue weighted by molar-refractivity contribution is -0.137. The third kappa shape index (κ3) is 6.99. The van der Waals surface area contributed by atoms with E-state index >= 15 is 0 Å². The topological polar surface area (TPSA) is 80.6 Å². The van der Waals surface area contributed by atoms with E-state index in [0.717, 1.165) is 12.1 Å². The maximum absolute atomic E-state index is 13.1. The molecule has 2 N–H and O–H groups in total. The van der Waals surface area contributed by atoms with Crippen LogP contribution >= 0.6 is 0 Å². The van der Waals surface area contributed by atoms with E-state index in [9.17, 15) is 22.8 Å². The highest BCUT2D eigenvalue weighted by molar-refractivity contribution is 6.05. The monoisotopic (exact) mass is 486 g/mol. The Morgan fingerprint density at radius 1 is 0.971 bits per heavy atom. The molecule has 2 amide bonds. The van der Waals surface area contributed by atoms with Crippen LogP contribution in [-0.2, 0) is 11.0 Å². The molecule has 1 heterocycles. The number of ether oxygens (including phenoxy) is 1. The number of benzene rings is 2. The Morgan fingerprint density at radius 2 is 1.66 bits per heavy atom. The Kier molecular flexibility index (Phi) is 7.38. The van der Waals surface area contributed by atoms with Crippen molar-refractivity contribution in [3.05, 3.63) is 83.2 Å². The largest absolute Gasteiger partial charge is 0.497 e. The maximum Gasteiger partial charge on any atom is 0.416 e. The van der Waals surface area contributed by atoms with Crippen molar-refractivity contribution in [2.24, 2.45) is 0 Å². The summed E-state index contributed by atoms with van der Waals surface area (Å²) in [4.78, 5) is 25.6. The van der Waals surface area contributed by atoms with Crippen LogP contribution in [0.25, 0.3) is 17.4 Å². The standard InChI is InChI=1S/C26H25F3N2O4/c1-25(2,3)31-24(33)21(30-23(32)16-8-10-19(34-4)11-9-16)15-20-12-13-22(35-20)17-6-5-7-18(14-17)26(27,28)29/h5-15H,1-4H3,(H,30,32)(H,31,33)/b21-15-. The normalized spacial score (nSPS) is 12.3. The number of carbonyl (C=O) groups is 2. The Hall–Kier alpha value is -4.01. The van der Waals surface area contributed by atoms with Crippen molar-refractivity contribution in [3.8, 4) is 17.1 Å². The number of amides is 2. The van der Waals surface area contributed by atoms with Crippen LogP contribution in [0.15, 0.2) is 70.8 Å². The molecule has 3 rings (SSSR count). The van der Waals surface area contributed by atoms with Gasteiger partial charge in [0, 0.05) is 22.7 Å². The molecule has 0 saturated carbocycles. The van der Waals surface area contributed by atoms with Crippen molar-refractivity contribution in [2.75, 3.05) is 7.11 Å². The predicted octanol–water partition coefficient (Wildman–Crippen LogP) is 5.66. The Bertz CT molecular complexity index is 1240. The SMILES string of the molecule is COc1ccc(C(=O)N/C(=C\c2ccc(-c3cccc(C(F)(F)F)c3)o2)C(=O)NC(C)(C)C)cc1. The second-order valence-electron chi connectivity index (χ2n) is 8.73. The Balaban J connectivity index is 1.91. The van der Waals surface area contributed by atoms with E-state index in [1.807, 2.05) is 0 Å². The van der Waals surface area contributed by atoms with Crippen LogP contribution in [0.5, 0.6) is 5.75 Å². The Labute approximate surface area is 200 Å². The van der Waals surface area contributed by atoms with Crippen LogP contribution in [0.4, 0.5) is 13.2 Å². The molecule has 3 aromatic rings. The fraction of sp³-hybridized carbons (Fsp3) is 0.231. The highest BCUT2D eigenvalue weighted by Gasteiger charge is 2.30. The quantitative estimate of drug-likeness (QED) is 0.441. The average Bonchev–Trinajstić information content (AvgIpc) is 3.25. The van der Waals surface area contributed by atoms with Gasteiger partial charge in [0.2, 0.25) is 0 Å². The summed E-state index contributed by atoms with van der Waals surface area (Å²) < 4.78 is 49.9. The molecular formula is C26H25F3N2O4. The number of alkyl halides is 3. The van der Waals surface area contributed by atoms with Crippen LogP contribution in [0.3, 0.4) is 0 Å². The zero-order valence-electron chi connectivity index (χ0n) is 19.6. The number of hydrogen-bond donors (Lipinski definition) is 2. The number of methoxy groups -OCH3 is 1. The van der Waals surface area contributed by atoms with Crippen molar-refractivity contribution < 1.29 is 31.9 Å². The molecule has 35 heavy (non-hydrogen) atoms. The highest BCUT2D eigenvalue weighted by atomic mass is 19.4. The van der Waals surface area contributed by atoms with Crippen molar-refractivity contribution in [2.45, 2.75) is 32.5 Å². The summed E-state index contributed by atoms with van der Waals surface area (Å²) in [5.74, 6) is -0.171. The minimum absolute atomic E-state index is 0.0920. The molecule has 0 radical (unpaired) electrons. The third-order valence-electron chi connectivity index (χ3n) is 4.72. The maximum atomic E-state index is 13.1. The van der Waals surface area contributed by atoms with E-state index in [2.05, 4.69) is 10.6 Å². The van der Waals surface area contributed by atoms with Crippen molar-refractivity contribution >= 4 is 17.9 Å². The molecule has 9 heteroatoms. The van der Waals surface area contributed by atoms with Gasteiger partial charge in [0.05, 0.1) is 12.7 Å². The summed E-state index contributed by atoms with van der Waals surface area (Å²) >= 11 is 0. The second-order valence-corrected chi connectivity index (χ2v) is 8.73. The summed E-state index contributed by atoms with van der Waals surface area (Å²) in [5.41, 5.74) is -0.967. The molecule has 0 aliphatic carbocycles. The summed E-state index contributed by atoms with van der Waals surface area (Å²) in [5, 5.41) is 5.35. The molecule has 2 aromatic carbocycles. The van der Waals surface area contributed by atoms with Crippen molar-refractivity contribution in [3.63, 3.8) is 0 Å². The molecule has 1 aromatic heterocycles. The lowest BCUT2D eigenvalue weighted by atomic mass is 10.1. The average molecular weight is 486 g/mol. The molecular weight excluding hydrogens is 461 g/mol. The minimum atomic E-state index is -4.49. The minimum Gasteiger partial charge on any atom is -0.497 e. The van der Waals surface area contributed by atoms with Crippen LogP contribution < -0.4 is 15.4 Å². The lowest BCUT2D eigenvalue weighted by Gasteiger charge is -2.21. The smallest absolute Gasteiger partial charge is 0.416 e. The number of nitrogens with one attached hydrogen (secondary N) is 2. The van der Waals surface area contributed by atoms with E-state index in [0.29, 0.717) is 11.3 Å². The van der Waals surface area contributed by atoms with Gasteiger partial charge >= 0.3 is 6.18 Å². The number of halogens is 3. The van der Waals surface area contributed by atoms with E-state index in [1.165, 1.54) is 37.5 Å². The summed E-state index contributed by atoms with van der Waals surface area (Å²) in [6.45, 7) is 5.35. The first-order valence-corrected chi connectivity index (χ1v) is 10.6. The lowest BCUT2D eigenvalue weighted by Crippen LogP contribution is -2.44. The zero-order valence-corrected chi connectivity index (χ0v) is 19.6. The molecule has 0 unspecified atom stereocenters. The fourth-order valence-corrected chi connectivity index (χ4v) is 3.08. The predicted molar refractivity (Wildman–Crippen MR) is 125 cm³/mol. The first-order valence-electron chi connectivity index (χ1n) is 10.6. The van der Waals surface area contributed by atoms with Crippen LogP contribution in [0, 0.1) is 0 Å². The van der Waals surface area contributed by atoms with Gasteiger partial charge in [-0.2, -0.15) is 13.2 Å². The van der Waals surface area contributed by atoms with E-state index < -0.39 is 29.1 Å². The third-order valence-corrected chi connectivity index (χ3v) is 4.72. The number of hydrogen-bond acceptors (Lipinski definition) is 4. The summed E-state index contributed by atoms with van der Waals surface area (Å²) in [6.07, 6.45) is -3.17. The molecule has 0 aliphatic rings. The highest BCUT2D eigenvalue weighted by Crippen LogP contribution is 2.32. The van der Waals surface area contributed by atoms with Gasteiger partial charge in [0.1, 0.15) is 23.0 Å². The molecule has 0 saturated heterocycles. The number of rotatable bonds is 6. The summed E-state index contributed by atoms with van der Waals surface area (Å²) in [7, 11) is 1.50. The van der Waals surface area contributed by atoms with Crippen molar-refractivity contribution in [1.29, 1.82) is 0 Å².